The van der Waals surface area contributed by atoms with Gasteiger partial charge in [0.1, 0.15) is 12.3 Å². The van der Waals surface area contributed by atoms with E-state index in [4.69, 9.17) is 9.15 Å². The van der Waals surface area contributed by atoms with Gasteiger partial charge < -0.3 is 24.3 Å². The maximum atomic E-state index is 11.9. The van der Waals surface area contributed by atoms with Crippen molar-refractivity contribution in [2.24, 2.45) is 4.99 Å². The molecule has 134 valence electrons. The average molecular weight is 336 g/mol. The maximum absolute atomic E-state index is 11.9. The van der Waals surface area contributed by atoms with E-state index in [0.717, 1.165) is 43.3 Å². The monoisotopic (exact) mass is 336 g/mol. The molecule has 0 atom stereocenters. The second-order valence-corrected chi connectivity index (χ2v) is 6.32. The molecule has 0 radical (unpaired) electrons. The summed E-state index contributed by atoms with van der Waals surface area (Å²) >= 11 is 0. The van der Waals surface area contributed by atoms with Gasteiger partial charge in [-0.15, -0.1) is 0 Å². The lowest BCUT2D eigenvalue weighted by atomic mass is 10.1. The highest BCUT2D eigenvalue weighted by Gasteiger charge is 2.18. The van der Waals surface area contributed by atoms with E-state index in [1.54, 1.807) is 25.3 Å². The Morgan fingerprint density at radius 1 is 1.33 bits per heavy atom. The lowest BCUT2D eigenvalue weighted by Gasteiger charge is -2.29. The third-order valence-corrected chi connectivity index (χ3v) is 4.15. The third-order valence-electron chi connectivity index (χ3n) is 4.15. The fourth-order valence-corrected chi connectivity index (χ4v) is 2.49. The molecule has 0 bridgehead atoms. The van der Waals surface area contributed by atoms with Gasteiger partial charge >= 0.3 is 0 Å². The van der Waals surface area contributed by atoms with Crippen LogP contribution in [0.3, 0.4) is 0 Å². The van der Waals surface area contributed by atoms with E-state index in [1.165, 1.54) is 0 Å². The van der Waals surface area contributed by atoms with Gasteiger partial charge in [-0.2, -0.15) is 0 Å². The molecule has 1 amide bonds. The standard InChI is InChI=1S/C17H28N4O3/c1-13-14(5-10-24-13)12-21(4)17(18-11-16(22)20(2)3)19-15-6-8-23-9-7-15/h5,10,15H,6-9,11-12H2,1-4H3,(H,18,19). The predicted octanol–water partition coefficient (Wildman–Crippen LogP) is 1.23. The lowest BCUT2D eigenvalue weighted by Crippen LogP contribution is -2.46. The third kappa shape index (κ3) is 5.26. The zero-order chi connectivity index (χ0) is 17.5. The first-order chi connectivity index (χ1) is 11.5. The van der Waals surface area contributed by atoms with E-state index >= 15 is 0 Å². The number of guanidine groups is 1. The van der Waals surface area contributed by atoms with E-state index in [0.29, 0.717) is 12.6 Å². The number of carbonyl (C=O) groups is 1. The maximum Gasteiger partial charge on any atom is 0.243 e. The molecule has 1 aliphatic rings. The molecule has 24 heavy (non-hydrogen) atoms. The fourth-order valence-electron chi connectivity index (χ4n) is 2.49. The van der Waals surface area contributed by atoms with E-state index in [9.17, 15) is 4.79 Å². The number of rotatable bonds is 5. The van der Waals surface area contributed by atoms with Crippen molar-refractivity contribution in [3.63, 3.8) is 0 Å². The second kappa shape index (κ2) is 8.73. The van der Waals surface area contributed by atoms with Gasteiger partial charge in [0.25, 0.3) is 0 Å². The van der Waals surface area contributed by atoms with Crippen LogP contribution in [-0.4, -0.2) is 68.6 Å². The number of aryl methyl sites for hydroxylation is 1. The first kappa shape index (κ1) is 18.3. The molecule has 0 aromatic carbocycles. The molecule has 2 rings (SSSR count). The number of ether oxygens (including phenoxy) is 1. The van der Waals surface area contributed by atoms with Crippen molar-refractivity contribution in [3.05, 3.63) is 23.7 Å². The molecule has 0 spiro atoms. The predicted molar refractivity (Wildman–Crippen MR) is 92.9 cm³/mol. The van der Waals surface area contributed by atoms with Crippen LogP contribution in [0.5, 0.6) is 0 Å². The summed E-state index contributed by atoms with van der Waals surface area (Å²) in [7, 11) is 5.45. The van der Waals surface area contributed by atoms with Gasteiger partial charge in [-0.25, -0.2) is 4.99 Å². The van der Waals surface area contributed by atoms with Crippen LogP contribution in [0, 0.1) is 6.92 Å². The molecule has 1 aliphatic heterocycles. The topological polar surface area (TPSA) is 70.3 Å². The highest BCUT2D eigenvalue weighted by Crippen LogP contribution is 2.12. The summed E-state index contributed by atoms with van der Waals surface area (Å²) in [6, 6.07) is 2.28. The number of amides is 1. The van der Waals surface area contributed by atoms with Gasteiger partial charge in [0, 0.05) is 52.5 Å². The van der Waals surface area contributed by atoms with Gasteiger partial charge in [-0.05, 0) is 25.8 Å². The average Bonchev–Trinajstić information content (AvgIpc) is 2.96. The largest absolute Gasteiger partial charge is 0.469 e. The highest BCUT2D eigenvalue weighted by atomic mass is 16.5. The summed E-state index contributed by atoms with van der Waals surface area (Å²) in [6.07, 6.45) is 3.58. The summed E-state index contributed by atoms with van der Waals surface area (Å²) in [5, 5.41) is 3.48. The quantitative estimate of drug-likeness (QED) is 0.647. The van der Waals surface area contributed by atoms with Crippen molar-refractivity contribution in [1.29, 1.82) is 0 Å². The van der Waals surface area contributed by atoms with Crippen molar-refractivity contribution < 1.29 is 13.9 Å². The van der Waals surface area contributed by atoms with Crippen LogP contribution in [-0.2, 0) is 16.1 Å². The summed E-state index contributed by atoms with van der Waals surface area (Å²) in [6.45, 7) is 4.26. The van der Waals surface area contributed by atoms with Crippen molar-refractivity contribution >= 4 is 11.9 Å². The second-order valence-electron chi connectivity index (χ2n) is 6.32. The Morgan fingerprint density at radius 3 is 2.62 bits per heavy atom. The molecule has 7 heteroatoms. The Hall–Kier alpha value is -2.02. The summed E-state index contributed by atoms with van der Waals surface area (Å²) in [4.78, 5) is 20.0. The van der Waals surface area contributed by atoms with Crippen LogP contribution in [0.2, 0.25) is 0 Å². The van der Waals surface area contributed by atoms with Crippen molar-refractivity contribution in [1.82, 2.24) is 15.1 Å². The first-order valence-corrected chi connectivity index (χ1v) is 8.30. The minimum absolute atomic E-state index is 0.0193. The summed E-state index contributed by atoms with van der Waals surface area (Å²) < 4.78 is 10.8. The number of hydrogen-bond acceptors (Lipinski definition) is 4. The summed E-state index contributed by atoms with van der Waals surface area (Å²) in [5.74, 6) is 1.61. The van der Waals surface area contributed by atoms with Gasteiger partial charge in [0.15, 0.2) is 5.96 Å². The molecule has 2 heterocycles. The minimum atomic E-state index is -0.0193. The van der Waals surface area contributed by atoms with Gasteiger partial charge in [0.05, 0.1) is 6.26 Å². The Bertz CT molecular complexity index is 562. The van der Waals surface area contributed by atoms with Gasteiger partial charge in [0.2, 0.25) is 5.91 Å². The van der Waals surface area contributed by atoms with Crippen LogP contribution in [0.15, 0.2) is 21.7 Å². The fraction of sp³-hybridized carbons (Fsp3) is 0.647. The number of likely N-dealkylation sites (N-methyl/N-ethyl adjacent to an activating group) is 1. The number of carbonyl (C=O) groups excluding carboxylic acids is 1. The molecule has 0 unspecified atom stereocenters. The Labute approximate surface area is 143 Å². The van der Waals surface area contributed by atoms with Gasteiger partial charge in [-0.3, -0.25) is 4.79 Å². The molecule has 1 saturated heterocycles. The van der Waals surface area contributed by atoms with E-state index in [-0.39, 0.29) is 12.5 Å². The molecule has 1 aromatic heterocycles. The lowest BCUT2D eigenvalue weighted by molar-refractivity contribution is -0.127. The number of nitrogens with one attached hydrogen (secondary N) is 1. The minimum Gasteiger partial charge on any atom is -0.469 e. The molecule has 0 saturated carbocycles. The number of furan rings is 1. The van der Waals surface area contributed by atoms with Crippen LogP contribution < -0.4 is 5.32 Å². The van der Waals surface area contributed by atoms with Crippen molar-refractivity contribution in [3.8, 4) is 0 Å². The Balaban J connectivity index is 2.06. The molecule has 0 aliphatic carbocycles. The molecule has 1 N–H and O–H groups in total. The SMILES string of the molecule is Cc1occc1CN(C)C(=NCC(=O)N(C)C)NC1CCOCC1. The number of aliphatic imine (C=N–C) groups is 1. The molecular weight excluding hydrogens is 308 g/mol. The zero-order valence-electron chi connectivity index (χ0n) is 15.0. The van der Waals surface area contributed by atoms with E-state index in [2.05, 4.69) is 10.3 Å². The molecule has 7 nitrogen and oxygen atoms in total. The van der Waals surface area contributed by atoms with E-state index in [1.807, 2.05) is 24.9 Å². The van der Waals surface area contributed by atoms with Crippen LogP contribution >= 0.6 is 0 Å². The van der Waals surface area contributed by atoms with Crippen molar-refractivity contribution in [2.45, 2.75) is 32.4 Å². The number of hydrogen-bond donors (Lipinski definition) is 1. The number of nitrogens with zero attached hydrogens (tertiary/aromatic N) is 3. The Morgan fingerprint density at radius 2 is 2.04 bits per heavy atom. The molecule has 1 aromatic rings. The normalized spacial score (nSPS) is 16.1. The zero-order valence-corrected chi connectivity index (χ0v) is 15.0. The van der Waals surface area contributed by atoms with Gasteiger partial charge in [-0.1, -0.05) is 0 Å². The smallest absolute Gasteiger partial charge is 0.243 e. The molecular formula is C17H28N4O3. The van der Waals surface area contributed by atoms with E-state index < -0.39 is 0 Å². The van der Waals surface area contributed by atoms with Crippen molar-refractivity contribution in [2.75, 3.05) is 40.9 Å². The molecule has 1 fully saturated rings. The highest BCUT2D eigenvalue weighted by molar-refractivity contribution is 5.84. The first-order valence-electron chi connectivity index (χ1n) is 8.30. The summed E-state index contributed by atoms with van der Waals surface area (Å²) in [5.41, 5.74) is 1.11. The van der Waals surface area contributed by atoms with Crippen LogP contribution in [0.1, 0.15) is 24.2 Å². The van der Waals surface area contributed by atoms with Crippen LogP contribution in [0.25, 0.3) is 0 Å². The van der Waals surface area contributed by atoms with Crippen LogP contribution in [0.4, 0.5) is 0 Å². The Kier molecular flexibility index (Phi) is 6.66.